The van der Waals surface area contributed by atoms with Crippen LogP contribution in [0.5, 0.6) is 0 Å². The molecule has 0 aromatic carbocycles. The maximum atomic E-state index is 4.20. The van der Waals surface area contributed by atoms with E-state index in [2.05, 4.69) is 24.2 Å². The van der Waals surface area contributed by atoms with Crippen molar-refractivity contribution >= 4 is 16.8 Å². The SMILES string of the molecule is CSC1=NC=CC(C)C1. The largest absolute Gasteiger partial charge is 0.255 e. The van der Waals surface area contributed by atoms with Gasteiger partial charge in [0.15, 0.2) is 0 Å². The van der Waals surface area contributed by atoms with E-state index in [0.717, 1.165) is 6.42 Å². The molecule has 0 N–H and O–H groups in total. The topological polar surface area (TPSA) is 12.4 Å². The molecular formula is C7H11NS. The molecule has 2 heteroatoms. The highest BCUT2D eigenvalue weighted by molar-refractivity contribution is 8.13. The molecule has 0 saturated carbocycles. The van der Waals surface area contributed by atoms with E-state index < -0.39 is 0 Å². The second-order valence-electron chi connectivity index (χ2n) is 2.25. The van der Waals surface area contributed by atoms with Crippen molar-refractivity contribution in [3.8, 4) is 0 Å². The average molecular weight is 141 g/mol. The Morgan fingerprint density at radius 2 is 2.56 bits per heavy atom. The summed E-state index contributed by atoms with van der Waals surface area (Å²) in [6.07, 6.45) is 7.24. The first kappa shape index (κ1) is 6.87. The number of rotatable bonds is 0. The van der Waals surface area contributed by atoms with Crippen LogP contribution in [0.3, 0.4) is 0 Å². The van der Waals surface area contributed by atoms with Crippen LogP contribution in [0.15, 0.2) is 17.3 Å². The van der Waals surface area contributed by atoms with E-state index in [9.17, 15) is 0 Å². The summed E-state index contributed by atoms with van der Waals surface area (Å²) in [7, 11) is 0. The van der Waals surface area contributed by atoms with Crippen molar-refractivity contribution in [2.45, 2.75) is 13.3 Å². The van der Waals surface area contributed by atoms with Gasteiger partial charge < -0.3 is 0 Å². The van der Waals surface area contributed by atoms with Crippen molar-refractivity contribution in [2.24, 2.45) is 10.9 Å². The summed E-state index contributed by atoms with van der Waals surface area (Å²) in [4.78, 5) is 4.20. The summed E-state index contributed by atoms with van der Waals surface area (Å²) in [6.45, 7) is 2.21. The summed E-state index contributed by atoms with van der Waals surface area (Å²) in [6, 6.07) is 0. The lowest BCUT2D eigenvalue weighted by Crippen LogP contribution is -2.02. The Morgan fingerprint density at radius 3 is 3.00 bits per heavy atom. The maximum Gasteiger partial charge on any atom is 0.0734 e. The van der Waals surface area contributed by atoms with Crippen LogP contribution in [-0.4, -0.2) is 11.3 Å². The molecule has 0 bridgehead atoms. The van der Waals surface area contributed by atoms with Gasteiger partial charge in [-0.15, -0.1) is 11.8 Å². The third-order valence-corrected chi connectivity index (χ3v) is 2.11. The Kier molecular flexibility index (Phi) is 2.34. The lowest BCUT2D eigenvalue weighted by molar-refractivity contribution is 0.762. The Balaban J connectivity index is 2.55. The van der Waals surface area contributed by atoms with Gasteiger partial charge in [0.2, 0.25) is 0 Å². The van der Waals surface area contributed by atoms with Gasteiger partial charge in [-0.05, 0) is 12.2 Å². The van der Waals surface area contributed by atoms with E-state index in [0.29, 0.717) is 5.92 Å². The van der Waals surface area contributed by atoms with Gasteiger partial charge in [0.25, 0.3) is 0 Å². The molecule has 1 aliphatic rings. The van der Waals surface area contributed by atoms with Crippen LogP contribution in [0.4, 0.5) is 0 Å². The molecule has 0 aromatic rings. The van der Waals surface area contributed by atoms with Gasteiger partial charge in [-0.1, -0.05) is 13.0 Å². The molecular weight excluding hydrogens is 130 g/mol. The van der Waals surface area contributed by atoms with E-state index >= 15 is 0 Å². The van der Waals surface area contributed by atoms with Crippen molar-refractivity contribution in [2.75, 3.05) is 6.26 Å². The molecule has 0 aromatic heterocycles. The molecule has 0 aliphatic carbocycles. The molecule has 1 aliphatic heterocycles. The number of thioether (sulfide) groups is 1. The van der Waals surface area contributed by atoms with Crippen LogP contribution in [0.25, 0.3) is 0 Å². The van der Waals surface area contributed by atoms with Crippen LogP contribution in [0.2, 0.25) is 0 Å². The fourth-order valence-electron chi connectivity index (χ4n) is 0.805. The molecule has 0 fully saturated rings. The van der Waals surface area contributed by atoms with Crippen molar-refractivity contribution < 1.29 is 0 Å². The van der Waals surface area contributed by atoms with Crippen LogP contribution >= 0.6 is 11.8 Å². The minimum atomic E-state index is 0.685. The Bertz CT molecular complexity index is 149. The normalized spacial score (nSPS) is 26.0. The molecule has 1 rings (SSSR count). The molecule has 0 radical (unpaired) electrons. The standard InChI is InChI=1S/C7H11NS/c1-6-3-4-8-7(5-6)9-2/h3-4,6H,5H2,1-2H3. The lowest BCUT2D eigenvalue weighted by atomic mass is 10.1. The second kappa shape index (κ2) is 3.06. The van der Waals surface area contributed by atoms with Gasteiger partial charge >= 0.3 is 0 Å². The highest BCUT2D eigenvalue weighted by Crippen LogP contribution is 2.16. The number of aliphatic imine (C=N–C) groups is 1. The van der Waals surface area contributed by atoms with Crippen molar-refractivity contribution in [3.05, 3.63) is 12.3 Å². The maximum absolute atomic E-state index is 4.20. The Morgan fingerprint density at radius 1 is 1.78 bits per heavy atom. The number of allylic oxidation sites excluding steroid dienone is 1. The number of hydrogen-bond donors (Lipinski definition) is 0. The predicted octanol–water partition coefficient (Wildman–Crippen LogP) is 2.30. The van der Waals surface area contributed by atoms with E-state index in [-0.39, 0.29) is 0 Å². The van der Waals surface area contributed by atoms with Gasteiger partial charge in [-0.2, -0.15) is 0 Å². The van der Waals surface area contributed by atoms with Crippen LogP contribution in [0.1, 0.15) is 13.3 Å². The van der Waals surface area contributed by atoms with Crippen molar-refractivity contribution in [1.29, 1.82) is 0 Å². The molecule has 9 heavy (non-hydrogen) atoms. The van der Waals surface area contributed by atoms with Gasteiger partial charge in [-0.3, -0.25) is 4.99 Å². The zero-order valence-electron chi connectivity index (χ0n) is 5.79. The minimum absolute atomic E-state index is 0.685. The molecule has 0 amide bonds. The highest BCUT2D eigenvalue weighted by atomic mass is 32.2. The predicted molar refractivity (Wildman–Crippen MR) is 43.9 cm³/mol. The lowest BCUT2D eigenvalue weighted by Gasteiger charge is -2.09. The second-order valence-corrected chi connectivity index (χ2v) is 3.13. The molecule has 1 heterocycles. The molecule has 0 saturated heterocycles. The van der Waals surface area contributed by atoms with Gasteiger partial charge in [0, 0.05) is 12.6 Å². The minimum Gasteiger partial charge on any atom is -0.255 e. The fraction of sp³-hybridized carbons (Fsp3) is 0.571. The Labute approximate surface area is 60.3 Å². The third kappa shape index (κ3) is 1.86. The van der Waals surface area contributed by atoms with Gasteiger partial charge in [-0.25, -0.2) is 0 Å². The first-order valence-corrected chi connectivity index (χ1v) is 4.32. The van der Waals surface area contributed by atoms with Crippen LogP contribution in [-0.2, 0) is 0 Å². The first-order chi connectivity index (χ1) is 4.33. The summed E-state index contributed by atoms with van der Waals surface area (Å²) >= 11 is 1.75. The van der Waals surface area contributed by atoms with E-state index in [4.69, 9.17) is 0 Å². The highest BCUT2D eigenvalue weighted by Gasteiger charge is 2.05. The summed E-state index contributed by atoms with van der Waals surface area (Å²) in [5, 5.41) is 1.25. The average Bonchev–Trinajstić information content (AvgIpc) is 1.88. The van der Waals surface area contributed by atoms with E-state index in [1.54, 1.807) is 11.8 Å². The van der Waals surface area contributed by atoms with Gasteiger partial charge in [0.05, 0.1) is 5.04 Å². The molecule has 1 nitrogen and oxygen atoms in total. The third-order valence-electron chi connectivity index (χ3n) is 1.37. The molecule has 1 atom stereocenters. The molecule has 0 spiro atoms. The van der Waals surface area contributed by atoms with Crippen molar-refractivity contribution in [1.82, 2.24) is 0 Å². The number of nitrogens with zero attached hydrogens (tertiary/aromatic N) is 1. The summed E-state index contributed by atoms with van der Waals surface area (Å²) < 4.78 is 0. The van der Waals surface area contributed by atoms with Gasteiger partial charge in [0.1, 0.15) is 0 Å². The summed E-state index contributed by atoms with van der Waals surface area (Å²) in [5.74, 6) is 0.685. The molecule has 1 unspecified atom stereocenters. The Hall–Kier alpha value is -0.240. The zero-order chi connectivity index (χ0) is 6.69. The molecule has 50 valence electrons. The fourth-order valence-corrected chi connectivity index (χ4v) is 1.40. The van der Waals surface area contributed by atoms with E-state index in [1.165, 1.54) is 5.04 Å². The van der Waals surface area contributed by atoms with E-state index in [1.807, 2.05) is 6.20 Å². The van der Waals surface area contributed by atoms with Crippen LogP contribution in [0, 0.1) is 5.92 Å². The zero-order valence-corrected chi connectivity index (χ0v) is 6.61. The monoisotopic (exact) mass is 141 g/mol. The quantitative estimate of drug-likeness (QED) is 0.504. The smallest absolute Gasteiger partial charge is 0.0734 e. The van der Waals surface area contributed by atoms with Crippen LogP contribution < -0.4 is 0 Å². The first-order valence-electron chi connectivity index (χ1n) is 3.10. The summed E-state index contributed by atoms with van der Waals surface area (Å²) in [5.41, 5.74) is 0. The van der Waals surface area contributed by atoms with Crippen molar-refractivity contribution in [3.63, 3.8) is 0 Å². The number of hydrogen-bond acceptors (Lipinski definition) is 2.